The third-order valence-corrected chi connectivity index (χ3v) is 3.82. The third kappa shape index (κ3) is 5.07. The maximum atomic E-state index is 13.0. The fraction of sp³-hybridized carbons (Fsp3) is 0.100. The van der Waals surface area contributed by atoms with Crippen molar-refractivity contribution in [1.82, 2.24) is 0 Å². The zero-order chi connectivity index (χ0) is 22.1. The zero-order valence-corrected chi connectivity index (χ0v) is 15.0. The van der Waals surface area contributed by atoms with Crippen LogP contribution in [0.3, 0.4) is 0 Å². The average molecular weight is 428 g/mol. The Morgan fingerprint density at radius 3 is 1.27 bits per heavy atom. The molecule has 0 aliphatic heterocycles. The molecule has 3 aromatic rings. The van der Waals surface area contributed by atoms with Crippen LogP contribution >= 0.6 is 0 Å². The molecule has 0 heterocycles. The van der Waals surface area contributed by atoms with E-state index in [1.54, 1.807) is 0 Å². The topological polar surface area (TPSA) is 70.5 Å². The summed E-state index contributed by atoms with van der Waals surface area (Å²) in [6, 6.07) is 11.1. The van der Waals surface area contributed by atoms with E-state index in [4.69, 9.17) is 20.9 Å². The molecular formula is C20H14F6N2O2. The molecule has 4 N–H and O–H groups in total. The van der Waals surface area contributed by atoms with Gasteiger partial charge in [-0.3, -0.25) is 0 Å². The molecule has 0 aliphatic carbocycles. The highest BCUT2D eigenvalue weighted by atomic mass is 19.4. The van der Waals surface area contributed by atoms with Crippen LogP contribution in [0, 0.1) is 0 Å². The van der Waals surface area contributed by atoms with Gasteiger partial charge in [0.15, 0.2) is 11.5 Å². The highest BCUT2D eigenvalue weighted by Gasteiger charge is 2.32. The lowest BCUT2D eigenvalue weighted by atomic mass is 10.2. The summed E-state index contributed by atoms with van der Waals surface area (Å²) in [5, 5.41) is 0. The van der Waals surface area contributed by atoms with E-state index in [0.717, 1.165) is 24.3 Å². The maximum absolute atomic E-state index is 13.0. The zero-order valence-electron chi connectivity index (χ0n) is 15.0. The van der Waals surface area contributed by atoms with Crippen LogP contribution in [0.1, 0.15) is 11.1 Å². The summed E-state index contributed by atoms with van der Waals surface area (Å²) in [5.74, 6) is -0.511. The van der Waals surface area contributed by atoms with Crippen LogP contribution in [-0.4, -0.2) is 0 Å². The Morgan fingerprint density at radius 1 is 0.567 bits per heavy atom. The van der Waals surface area contributed by atoms with E-state index in [9.17, 15) is 26.3 Å². The van der Waals surface area contributed by atoms with Gasteiger partial charge in [0.25, 0.3) is 0 Å². The van der Waals surface area contributed by atoms with Gasteiger partial charge in [-0.15, -0.1) is 0 Å². The van der Waals surface area contributed by atoms with E-state index < -0.39 is 23.5 Å². The molecule has 0 unspecified atom stereocenters. The highest BCUT2D eigenvalue weighted by Crippen LogP contribution is 2.40. The van der Waals surface area contributed by atoms with E-state index in [0.29, 0.717) is 0 Å². The molecule has 0 fully saturated rings. The van der Waals surface area contributed by atoms with Gasteiger partial charge < -0.3 is 20.9 Å². The van der Waals surface area contributed by atoms with Crippen LogP contribution in [0.2, 0.25) is 0 Å². The second-order valence-electron chi connectivity index (χ2n) is 6.23. The number of nitrogens with two attached hydrogens (primary N) is 2. The van der Waals surface area contributed by atoms with E-state index >= 15 is 0 Å². The molecule has 3 aromatic carbocycles. The smallest absolute Gasteiger partial charge is 0.416 e. The Labute approximate surface area is 166 Å². The lowest BCUT2D eigenvalue weighted by Gasteiger charge is -2.15. The van der Waals surface area contributed by atoms with Gasteiger partial charge in [0, 0.05) is 23.5 Å². The van der Waals surface area contributed by atoms with Crippen LogP contribution < -0.4 is 20.9 Å². The number of benzene rings is 3. The van der Waals surface area contributed by atoms with Gasteiger partial charge in [0.05, 0.1) is 11.1 Å². The summed E-state index contributed by atoms with van der Waals surface area (Å²) in [5.41, 5.74) is 8.65. The van der Waals surface area contributed by atoms with Crippen LogP contribution in [-0.2, 0) is 12.4 Å². The molecule has 0 saturated heterocycles. The van der Waals surface area contributed by atoms with Gasteiger partial charge >= 0.3 is 12.4 Å². The number of nitrogen functional groups attached to an aromatic ring is 2. The Morgan fingerprint density at radius 2 is 0.933 bits per heavy atom. The lowest BCUT2D eigenvalue weighted by molar-refractivity contribution is -0.138. The number of rotatable bonds is 4. The second kappa shape index (κ2) is 7.69. The molecule has 0 aliphatic rings. The summed E-state index contributed by atoms with van der Waals surface area (Å²) in [7, 11) is 0. The molecule has 10 heteroatoms. The SMILES string of the molecule is Nc1cc(Oc2ccccc2Oc2cc(N)cc(C(F)(F)F)c2)cc(C(F)(F)F)c1. The van der Waals surface area contributed by atoms with E-state index in [2.05, 4.69) is 0 Å². The van der Waals surface area contributed by atoms with Gasteiger partial charge in [-0.2, -0.15) is 26.3 Å². The minimum Gasteiger partial charge on any atom is -0.453 e. The monoisotopic (exact) mass is 428 g/mol. The first-order valence-electron chi connectivity index (χ1n) is 8.32. The number of ether oxygens (including phenoxy) is 2. The molecule has 0 atom stereocenters. The van der Waals surface area contributed by atoms with Crippen LogP contribution in [0.15, 0.2) is 60.7 Å². The standard InChI is InChI=1S/C20H14F6N2O2/c21-19(22,23)11-5-13(27)9-15(7-11)29-17-3-1-2-4-18(17)30-16-8-12(20(24,25)26)6-14(28)10-16/h1-10H,27-28H2. The summed E-state index contributed by atoms with van der Waals surface area (Å²) >= 11 is 0. The van der Waals surface area contributed by atoms with Crippen molar-refractivity contribution in [3.8, 4) is 23.0 Å². The van der Waals surface area contributed by atoms with Gasteiger partial charge in [0.2, 0.25) is 0 Å². The molecule has 0 amide bonds. The predicted octanol–water partition coefficient (Wildman–Crippen LogP) is 6.47. The molecule has 4 nitrogen and oxygen atoms in total. The number of hydrogen-bond acceptors (Lipinski definition) is 4. The highest BCUT2D eigenvalue weighted by molar-refractivity contribution is 5.53. The van der Waals surface area contributed by atoms with Gasteiger partial charge in [0.1, 0.15) is 11.5 Å². The van der Waals surface area contributed by atoms with E-state index in [1.165, 1.54) is 36.4 Å². The largest absolute Gasteiger partial charge is 0.453 e. The predicted molar refractivity (Wildman–Crippen MR) is 98.3 cm³/mol. The summed E-state index contributed by atoms with van der Waals surface area (Å²) in [6.07, 6.45) is -9.28. The van der Waals surface area contributed by atoms with Crippen molar-refractivity contribution in [2.24, 2.45) is 0 Å². The van der Waals surface area contributed by atoms with Crippen LogP contribution in [0.5, 0.6) is 23.0 Å². The van der Waals surface area contributed by atoms with Crippen molar-refractivity contribution < 1.29 is 35.8 Å². The van der Waals surface area contributed by atoms with Gasteiger partial charge in [-0.05, 0) is 36.4 Å². The van der Waals surface area contributed by atoms with E-state index in [-0.39, 0.29) is 34.4 Å². The summed E-state index contributed by atoms with van der Waals surface area (Å²) in [6.45, 7) is 0. The molecule has 0 aromatic heterocycles. The maximum Gasteiger partial charge on any atom is 0.416 e. The quantitative estimate of drug-likeness (QED) is 0.369. The number of anilines is 2. The molecule has 0 bridgehead atoms. The van der Waals surface area contributed by atoms with E-state index in [1.807, 2.05) is 0 Å². The minimum absolute atomic E-state index is 0.0350. The van der Waals surface area contributed by atoms with Gasteiger partial charge in [-0.25, -0.2) is 0 Å². The Balaban J connectivity index is 1.93. The fourth-order valence-corrected chi connectivity index (χ4v) is 2.56. The molecule has 0 saturated carbocycles. The molecular weight excluding hydrogens is 414 g/mol. The lowest BCUT2D eigenvalue weighted by Crippen LogP contribution is -2.06. The Kier molecular flexibility index (Phi) is 5.43. The first kappa shape index (κ1) is 21.2. The first-order chi connectivity index (χ1) is 13.9. The van der Waals surface area contributed by atoms with Crippen molar-refractivity contribution in [2.75, 3.05) is 11.5 Å². The van der Waals surface area contributed by atoms with Crippen molar-refractivity contribution in [2.45, 2.75) is 12.4 Å². The molecule has 3 rings (SSSR count). The second-order valence-corrected chi connectivity index (χ2v) is 6.23. The normalized spacial score (nSPS) is 11.9. The Hall–Kier alpha value is -3.56. The van der Waals surface area contributed by atoms with Crippen LogP contribution in [0.4, 0.5) is 37.7 Å². The van der Waals surface area contributed by atoms with Crippen molar-refractivity contribution in [3.05, 3.63) is 71.8 Å². The Bertz CT molecular complexity index is 979. The van der Waals surface area contributed by atoms with Crippen molar-refractivity contribution in [3.63, 3.8) is 0 Å². The molecule has 0 spiro atoms. The van der Waals surface area contributed by atoms with Crippen LogP contribution in [0.25, 0.3) is 0 Å². The number of alkyl halides is 6. The minimum atomic E-state index is -4.64. The van der Waals surface area contributed by atoms with Crippen molar-refractivity contribution in [1.29, 1.82) is 0 Å². The summed E-state index contributed by atoms with van der Waals surface area (Å²) in [4.78, 5) is 0. The third-order valence-electron chi connectivity index (χ3n) is 3.82. The number of halogens is 6. The molecule has 158 valence electrons. The molecule has 0 radical (unpaired) electrons. The van der Waals surface area contributed by atoms with Crippen molar-refractivity contribution >= 4 is 11.4 Å². The first-order valence-corrected chi connectivity index (χ1v) is 8.32. The fourth-order valence-electron chi connectivity index (χ4n) is 2.56. The number of para-hydroxylation sites is 2. The molecule has 30 heavy (non-hydrogen) atoms. The van der Waals surface area contributed by atoms with Gasteiger partial charge in [-0.1, -0.05) is 12.1 Å². The summed E-state index contributed by atoms with van der Waals surface area (Å²) < 4.78 is 88.9. The average Bonchev–Trinajstić information content (AvgIpc) is 2.61. The number of hydrogen-bond donors (Lipinski definition) is 2.